The fourth-order valence-electron chi connectivity index (χ4n) is 2.36. The molecule has 0 saturated heterocycles. The average Bonchev–Trinajstić information content (AvgIpc) is 2.76. The van der Waals surface area contributed by atoms with Crippen LogP contribution in [0, 0.1) is 0 Å². The molecule has 0 N–H and O–H groups in total. The fourth-order valence-corrected chi connectivity index (χ4v) is 3.33. The van der Waals surface area contributed by atoms with Crippen molar-refractivity contribution < 1.29 is 9.53 Å². The van der Waals surface area contributed by atoms with Gasteiger partial charge in [-0.2, -0.15) is 0 Å². The molecular formula is C12H17NO2S. The van der Waals surface area contributed by atoms with Gasteiger partial charge in [0.05, 0.1) is 7.11 Å². The van der Waals surface area contributed by atoms with Gasteiger partial charge >= 0.3 is 5.97 Å². The maximum atomic E-state index is 11.5. The van der Waals surface area contributed by atoms with Gasteiger partial charge in [0, 0.05) is 17.5 Å². The molecular weight excluding hydrogens is 222 g/mol. The van der Waals surface area contributed by atoms with Crippen LogP contribution in [0.4, 0.5) is 0 Å². The predicted molar refractivity (Wildman–Crippen MR) is 64.6 cm³/mol. The fraction of sp³-hybridized carbons (Fsp3) is 0.583. The standard InChI is InChI=1S/C12H17NO2S/c1-8-10-5-7-16-11(10)4-6-13(8)9(2)12(14)15-3/h5,7-9H,4,6H2,1-3H3. The first-order chi connectivity index (χ1) is 7.65. The molecule has 0 bridgehead atoms. The van der Waals surface area contributed by atoms with Gasteiger partial charge in [-0.3, -0.25) is 9.69 Å². The van der Waals surface area contributed by atoms with Gasteiger partial charge in [0.1, 0.15) is 6.04 Å². The summed E-state index contributed by atoms with van der Waals surface area (Å²) in [5.74, 6) is -0.148. The Labute approximate surface area is 100 Å². The molecule has 2 unspecified atom stereocenters. The van der Waals surface area contributed by atoms with Crippen molar-refractivity contribution in [3.05, 3.63) is 21.9 Å². The van der Waals surface area contributed by atoms with E-state index in [1.54, 1.807) is 0 Å². The zero-order chi connectivity index (χ0) is 11.7. The number of nitrogens with zero attached hydrogens (tertiary/aromatic N) is 1. The third-order valence-electron chi connectivity index (χ3n) is 3.36. The zero-order valence-corrected chi connectivity index (χ0v) is 10.7. The van der Waals surface area contributed by atoms with Crippen LogP contribution < -0.4 is 0 Å². The number of rotatable bonds is 2. The second-order valence-corrected chi connectivity index (χ2v) is 5.16. The van der Waals surface area contributed by atoms with Gasteiger partial charge in [0.25, 0.3) is 0 Å². The molecule has 1 aliphatic heterocycles. The van der Waals surface area contributed by atoms with E-state index in [1.807, 2.05) is 18.3 Å². The Balaban J connectivity index is 2.18. The molecule has 0 aromatic carbocycles. The summed E-state index contributed by atoms with van der Waals surface area (Å²) in [7, 11) is 1.45. The topological polar surface area (TPSA) is 29.5 Å². The maximum Gasteiger partial charge on any atom is 0.322 e. The lowest BCUT2D eigenvalue weighted by molar-refractivity contribution is -0.147. The number of ether oxygens (including phenoxy) is 1. The molecule has 1 aliphatic rings. The highest BCUT2D eigenvalue weighted by Crippen LogP contribution is 2.33. The quantitative estimate of drug-likeness (QED) is 0.741. The van der Waals surface area contributed by atoms with Crippen LogP contribution in [0.1, 0.15) is 30.3 Å². The molecule has 2 heterocycles. The minimum Gasteiger partial charge on any atom is -0.468 e. The van der Waals surface area contributed by atoms with Crippen LogP contribution >= 0.6 is 11.3 Å². The van der Waals surface area contributed by atoms with E-state index in [1.165, 1.54) is 17.6 Å². The second-order valence-electron chi connectivity index (χ2n) is 4.16. The van der Waals surface area contributed by atoms with Crippen LogP contribution in [0.2, 0.25) is 0 Å². The van der Waals surface area contributed by atoms with Gasteiger partial charge in [-0.05, 0) is 37.3 Å². The molecule has 0 fully saturated rings. The molecule has 2 rings (SSSR count). The first-order valence-corrected chi connectivity index (χ1v) is 6.43. The van der Waals surface area contributed by atoms with Gasteiger partial charge in [0.2, 0.25) is 0 Å². The number of hydrogen-bond donors (Lipinski definition) is 0. The van der Waals surface area contributed by atoms with Crippen molar-refractivity contribution in [1.82, 2.24) is 4.90 Å². The van der Waals surface area contributed by atoms with E-state index >= 15 is 0 Å². The summed E-state index contributed by atoms with van der Waals surface area (Å²) in [6, 6.07) is 2.32. The molecule has 16 heavy (non-hydrogen) atoms. The summed E-state index contributed by atoms with van der Waals surface area (Å²) in [6.07, 6.45) is 1.04. The number of carbonyl (C=O) groups is 1. The highest BCUT2D eigenvalue weighted by Gasteiger charge is 2.31. The molecule has 0 radical (unpaired) electrons. The Morgan fingerprint density at radius 3 is 3.12 bits per heavy atom. The first kappa shape index (κ1) is 11.6. The Morgan fingerprint density at radius 1 is 1.69 bits per heavy atom. The van der Waals surface area contributed by atoms with Crippen molar-refractivity contribution in [2.75, 3.05) is 13.7 Å². The summed E-state index contributed by atoms with van der Waals surface area (Å²) >= 11 is 1.81. The number of hydrogen-bond acceptors (Lipinski definition) is 4. The lowest BCUT2D eigenvalue weighted by Gasteiger charge is -2.36. The third kappa shape index (κ3) is 1.87. The number of esters is 1. The smallest absolute Gasteiger partial charge is 0.322 e. The highest BCUT2D eigenvalue weighted by molar-refractivity contribution is 7.10. The van der Waals surface area contributed by atoms with E-state index in [4.69, 9.17) is 4.74 Å². The summed E-state index contributed by atoms with van der Waals surface area (Å²) in [5, 5.41) is 2.13. The lowest BCUT2D eigenvalue weighted by Crippen LogP contribution is -2.44. The van der Waals surface area contributed by atoms with Crippen molar-refractivity contribution in [2.24, 2.45) is 0 Å². The van der Waals surface area contributed by atoms with E-state index in [-0.39, 0.29) is 12.0 Å². The summed E-state index contributed by atoms with van der Waals surface area (Å²) in [4.78, 5) is 15.2. The highest BCUT2D eigenvalue weighted by atomic mass is 32.1. The summed E-state index contributed by atoms with van der Waals surface area (Å²) in [6.45, 7) is 5.01. The monoisotopic (exact) mass is 239 g/mol. The molecule has 0 spiro atoms. The maximum absolute atomic E-state index is 11.5. The molecule has 0 saturated carbocycles. The molecule has 1 aromatic heterocycles. The largest absolute Gasteiger partial charge is 0.468 e. The Morgan fingerprint density at radius 2 is 2.44 bits per heavy atom. The van der Waals surface area contributed by atoms with Crippen molar-refractivity contribution in [1.29, 1.82) is 0 Å². The number of methoxy groups -OCH3 is 1. The van der Waals surface area contributed by atoms with Crippen LogP contribution in [-0.2, 0) is 16.0 Å². The SMILES string of the molecule is COC(=O)C(C)N1CCc2sccc2C1C. The summed E-state index contributed by atoms with van der Waals surface area (Å²) in [5.41, 5.74) is 1.37. The van der Waals surface area contributed by atoms with Crippen LogP contribution in [0.3, 0.4) is 0 Å². The zero-order valence-electron chi connectivity index (χ0n) is 9.90. The van der Waals surface area contributed by atoms with Crippen LogP contribution in [0.5, 0.6) is 0 Å². The van der Waals surface area contributed by atoms with E-state index in [0.29, 0.717) is 6.04 Å². The van der Waals surface area contributed by atoms with Gasteiger partial charge in [-0.25, -0.2) is 0 Å². The number of fused-ring (bicyclic) bond motifs is 1. The van der Waals surface area contributed by atoms with E-state index in [2.05, 4.69) is 23.3 Å². The van der Waals surface area contributed by atoms with Crippen molar-refractivity contribution in [3.8, 4) is 0 Å². The van der Waals surface area contributed by atoms with Gasteiger partial charge < -0.3 is 4.74 Å². The molecule has 88 valence electrons. The normalized spacial score (nSPS) is 22.6. The number of thiophene rings is 1. The minimum atomic E-state index is -0.159. The van der Waals surface area contributed by atoms with Crippen LogP contribution in [0.25, 0.3) is 0 Å². The molecule has 2 atom stereocenters. The predicted octanol–water partition coefficient (Wildman–Crippen LogP) is 2.23. The van der Waals surface area contributed by atoms with Crippen molar-refractivity contribution in [2.45, 2.75) is 32.4 Å². The van der Waals surface area contributed by atoms with Gasteiger partial charge in [0.15, 0.2) is 0 Å². The first-order valence-electron chi connectivity index (χ1n) is 5.55. The van der Waals surface area contributed by atoms with Gasteiger partial charge in [-0.1, -0.05) is 0 Å². The lowest BCUT2D eigenvalue weighted by atomic mass is 10.00. The van der Waals surface area contributed by atoms with E-state index in [0.717, 1.165) is 13.0 Å². The second kappa shape index (κ2) is 4.55. The minimum absolute atomic E-state index is 0.148. The molecule has 0 amide bonds. The van der Waals surface area contributed by atoms with Gasteiger partial charge in [-0.15, -0.1) is 11.3 Å². The van der Waals surface area contributed by atoms with E-state index in [9.17, 15) is 4.79 Å². The average molecular weight is 239 g/mol. The Bertz CT molecular complexity index is 388. The molecule has 1 aromatic rings. The number of carbonyl (C=O) groups excluding carboxylic acids is 1. The Hall–Kier alpha value is -0.870. The van der Waals surface area contributed by atoms with Crippen molar-refractivity contribution >= 4 is 17.3 Å². The Kier molecular flexibility index (Phi) is 3.30. The van der Waals surface area contributed by atoms with E-state index < -0.39 is 0 Å². The van der Waals surface area contributed by atoms with Crippen LogP contribution in [0.15, 0.2) is 11.4 Å². The third-order valence-corrected chi connectivity index (χ3v) is 4.36. The molecule has 3 nitrogen and oxygen atoms in total. The van der Waals surface area contributed by atoms with Crippen LogP contribution in [-0.4, -0.2) is 30.6 Å². The summed E-state index contributed by atoms with van der Waals surface area (Å²) < 4.78 is 4.81. The van der Waals surface area contributed by atoms with Crippen molar-refractivity contribution in [3.63, 3.8) is 0 Å². The molecule has 0 aliphatic carbocycles. The molecule has 4 heteroatoms.